The Balaban J connectivity index is 1.49. The lowest BCUT2D eigenvalue weighted by atomic mass is 9.88. The number of carbonyl (C=O) groups is 1. The number of imidazole rings is 1. The Morgan fingerprint density at radius 3 is 2.48 bits per heavy atom. The summed E-state index contributed by atoms with van der Waals surface area (Å²) in [7, 11) is 0. The highest BCUT2D eigenvalue weighted by molar-refractivity contribution is 5.95. The molecule has 1 aromatic heterocycles. The summed E-state index contributed by atoms with van der Waals surface area (Å²) in [6.07, 6.45) is 3.43. The van der Waals surface area contributed by atoms with Gasteiger partial charge in [0.05, 0.1) is 17.3 Å². The van der Waals surface area contributed by atoms with Gasteiger partial charge in [0.2, 0.25) is 5.82 Å². The maximum atomic E-state index is 13.1. The van der Waals surface area contributed by atoms with Crippen molar-refractivity contribution in [2.45, 2.75) is 25.3 Å². The first-order valence-electron chi connectivity index (χ1n) is 10.2. The quantitative estimate of drug-likeness (QED) is 0.683. The number of aromatic nitrogens is 2. The average molecular weight is 410 g/mol. The van der Waals surface area contributed by atoms with E-state index < -0.39 is 0 Å². The molecular weight excluding hydrogens is 388 g/mol. The molecule has 3 N–H and O–H groups in total. The maximum absolute atomic E-state index is 13.1. The summed E-state index contributed by atoms with van der Waals surface area (Å²) in [6, 6.07) is 17.3. The molecule has 0 atom stereocenters. The standard InChI is InChI=1S/C24H22N6O/c25-12-16-1-3-17(4-2-16)18-7-9-30(10-8-18)24(31)19-5-6-20(13-26)21(11-19)22-15-28-23(14-27)29-22/h1-6,11,15,18H,7-10,13,26H2,(H,28,29). The molecule has 2 heterocycles. The van der Waals surface area contributed by atoms with Crippen LogP contribution in [-0.4, -0.2) is 33.9 Å². The molecule has 1 fully saturated rings. The molecule has 3 aromatic rings. The normalized spacial score (nSPS) is 14.1. The number of hydrogen-bond acceptors (Lipinski definition) is 5. The second kappa shape index (κ2) is 8.83. The van der Waals surface area contributed by atoms with Gasteiger partial charge in [0.1, 0.15) is 6.07 Å². The number of H-pyrrole nitrogens is 1. The highest BCUT2D eigenvalue weighted by Gasteiger charge is 2.25. The van der Waals surface area contributed by atoms with Crippen molar-refractivity contribution in [3.63, 3.8) is 0 Å². The third-order valence-electron chi connectivity index (χ3n) is 5.83. The molecule has 2 aromatic carbocycles. The van der Waals surface area contributed by atoms with E-state index in [0.29, 0.717) is 42.4 Å². The van der Waals surface area contributed by atoms with Gasteiger partial charge in [-0.3, -0.25) is 4.79 Å². The number of likely N-dealkylation sites (tertiary alicyclic amines) is 1. The molecule has 1 amide bonds. The van der Waals surface area contributed by atoms with E-state index in [9.17, 15) is 4.79 Å². The number of nitrogens with zero attached hydrogens (tertiary/aromatic N) is 4. The van der Waals surface area contributed by atoms with Gasteiger partial charge in [-0.25, -0.2) is 4.98 Å². The fourth-order valence-corrected chi connectivity index (χ4v) is 4.07. The summed E-state index contributed by atoms with van der Waals surface area (Å²) < 4.78 is 0. The van der Waals surface area contributed by atoms with E-state index in [4.69, 9.17) is 16.3 Å². The molecular formula is C24H22N6O. The minimum absolute atomic E-state index is 0.0147. The Labute approximate surface area is 180 Å². The van der Waals surface area contributed by atoms with Crippen LogP contribution in [0.1, 0.15) is 51.6 Å². The summed E-state index contributed by atoms with van der Waals surface area (Å²) >= 11 is 0. The van der Waals surface area contributed by atoms with E-state index >= 15 is 0 Å². The van der Waals surface area contributed by atoms with Crippen LogP contribution in [0, 0.1) is 22.7 Å². The van der Waals surface area contributed by atoms with Crippen molar-refractivity contribution in [3.05, 3.63) is 76.7 Å². The fourth-order valence-electron chi connectivity index (χ4n) is 4.07. The monoisotopic (exact) mass is 410 g/mol. The maximum Gasteiger partial charge on any atom is 0.253 e. The van der Waals surface area contributed by atoms with Gasteiger partial charge in [-0.1, -0.05) is 18.2 Å². The molecule has 31 heavy (non-hydrogen) atoms. The number of amides is 1. The SMILES string of the molecule is N#Cc1ccc(C2CCN(C(=O)c3ccc(CN)c(-c4c[nH]c(C#N)n4)c3)CC2)cc1. The summed E-state index contributed by atoms with van der Waals surface area (Å²) in [5, 5.41) is 18.0. The summed E-state index contributed by atoms with van der Waals surface area (Å²) in [5.74, 6) is 0.596. The average Bonchev–Trinajstić information content (AvgIpc) is 3.32. The predicted octanol–water partition coefficient (Wildman–Crippen LogP) is 3.30. The molecule has 1 saturated heterocycles. The molecule has 7 nitrogen and oxygen atoms in total. The Morgan fingerprint density at radius 2 is 1.87 bits per heavy atom. The molecule has 0 unspecified atom stereocenters. The van der Waals surface area contributed by atoms with Gasteiger partial charge in [-0.05, 0) is 54.2 Å². The van der Waals surface area contributed by atoms with Crippen molar-refractivity contribution in [1.29, 1.82) is 10.5 Å². The van der Waals surface area contributed by atoms with E-state index in [1.54, 1.807) is 12.3 Å². The minimum Gasteiger partial charge on any atom is -0.339 e. The van der Waals surface area contributed by atoms with E-state index in [1.165, 1.54) is 5.56 Å². The van der Waals surface area contributed by atoms with Crippen LogP contribution in [0.15, 0.2) is 48.7 Å². The van der Waals surface area contributed by atoms with Crippen molar-refractivity contribution in [2.24, 2.45) is 5.73 Å². The van der Waals surface area contributed by atoms with E-state index in [-0.39, 0.29) is 11.7 Å². The molecule has 1 aliphatic heterocycles. The number of nitrogens with two attached hydrogens (primary N) is 1. The zero-order chi connectivity index (χ0) is 21.8. The van der Waals surface area contributed by atoms with Gasteiger partial charge in [0.15, 0.2) is 0 Å². The van der Waals surface area contributed by atoms with E-state index in [0.717, 1.165) is 24.0 Å². The van der Waals surface area contributed by atoms with Gasteiger partial charge in [0.25, 0.3) is 5.91 Å². The molecule has 7 heteroatoms. The molecule has 1 aliphatic rings. The first kappa shape index (κ1) is 20.3. The van der Waals surface area contributed by atoms with Crippen LogP contribution in [0.4, 0.5) is 0 Å². The lowest BCUT2D eigenvalue weighted by Crippen LogP contribution is -2.38. The van der Waals surface area contributed by atoms with Gasteiger partial charge in [-0.15, -0.1) is 0 Å². The summed E-state index contributed by atoms with van der Waals surface area (Å²) in [6.45, 7) is 1.67. The number of aromatic amines is 1. The molecule has 0 aliphatic carbocycles. The topological polar surface area (TPSA) is 123 Å². The van der Waals surface area contributed by atoms with Crippen LogP contribution in [0.25, 0.3) is 11.3 Å². The Bertz CT molecular complexity index is 1170. The lowest BCUT2D eigenvalue weighted by molar-refractivity contribution is 0.0713. The van der Waals surface area contributed by atoms with Crippen molar-refractivity contribution < 1.29 is 4.79 Å². The highest BCUT2D eigenvalue weighted by Crippen LogP contribution is 2.30. The zero-order valence-corrected chi connectivity index (χ0v) is 17.0. The zero-order valence-electron chi connectivity index (χ0n) is 17.0. The smallest absolute Gasteiger partial charge is 0.253 e. The summed E-state index contributed by atoms with van der Waals surface area (Å²) in [5.41, 5.74) is 10.6. The van der Waals surface area contributed by atoms with Crippen LogP contribution in [0.3, 0.4) is 0 Å². The van der Waals surface area contributed by atoms with Gasteiger partial charge in [0, 0.05) is 37.0 Å². The second-order valence-corrected chi connectivity index (χ2v) is 7.62. The van der Waals surface area contributed by atoms with Crippen LogP contribution in [0.5, 0.6) is 0 Å². The first-order chi connectivity index (χ1) is 15.1. The number of piperidine rings is 1. The van der Waals surface area contributed by atoms with Crippen LogP contribution < -0.4 is 5.73 Å². The van der Waals surface area contributed by atoms with Crippen molar-refractivity contribution in [1.82, 2.24) is 14.9 Å². The molecule has 0 radical (unpaired) electrons. The van der Waals surface area contributed by atoms with Crippen LogP contribution in [0.2, 0.25) is 0 Å². The third kappa shape index (κ3) is 4.18. The Hall–Kier alpha value is -3.94. The lowest BCUT2D eigenvalue weighted by Gasteiger charge is -2.32. The second-order valence-electron chi connectivity index (χ2n) is 7.62. The molecule has 0 spiro atoms. The van der Waals surface area contributed by atoms with Gasteiger partial charge >= 0.3 is 0 Å². The number of rotatable bonds is 4. The first-order valence-corrected chi connectivity index (χ1v) is 10.2. The van der Waals surface area contributed by atoms with Gasteiger partial charge < -0.3 is 15.6 Å². The molecule has 0 saturated carbocycles. The summed E-state index contributed by atoms with van der Waals surface area (Å²) in [4.78, 5) is 22.1. The Morgan fingerprint density at radius 1 is 1.13 bits per heavy atom. The van der Waals surface area contributed by atoms with E-state index in [2.05, 4.69) is 16.0 Å². The number of nitrogens with one attached hydrogen (secondary N) is 1. The minimum atomic E-state index is -0.0147. The third-order valence-corrected chi connectivity index (χ3v) is 5.83. The van der Waals surface area contributed by atoms with Crippen LogP contribution >= 0.6 is 0 Å². The number of benzene rings is 2. The number of hydrogen-bond donors (Lipinski definition) is 2. The molecule has 154 valence electrons. The largest absolute Gasteiger partial charge is 0.339 e. The highest BCUT2D eigenvalue weighted by atomic mass is 16.2. The van der Waals surface area contributed by atoms with Crippen molar-refractivity contribution in [2.75, 3.05) is 13.1 Å². The Kier molecular flexibility index (Phi) is 5.79. The van der Waals surface area contributed by atoms with Crippen molar-refractivity contribution in [3.8, 4) is 23.4 Å². The molecule has 4 rings (SSSR count). The van der Waals surface area contributed by atoms with Crippen LogP contribution in [-0.2, 0) is 6.54 Å². The fraction of sp³-hybridized carbons (Fsp3) is 0.250. The van der Waals surface area contributed by atoms with E-state index in [1.807, 2.05) is 47.4 Å². The number of carbonyl (C=O) groups excluding carboxylic acids is 1. The predicted molar refractivity (Wildman–Crippen MR) is 116 cm³/mol. The van der Waals surface area contributed by atoms with Crippen molar-refractivity contribution >= 4 is 5.91 Å². The number of nitriles is 2. The molecule has 0 bridgehead atoms. The van der Waals surface area contributed by atoms with Gasteiger partial charge in [-0.2, -0.15) is 10.5 Å².